The van der Waals surface area contributed by atoms with Gasteiger partial charge in [0.1, 0.15) is 0 Å². The normalized spacial score (nSPS) is 11.2. The Bertz CT molecular complexity index is 394. The van der Waals surface area contributed by atoms with Crippen LogP contribution in [-0.4, -0.2) is 15.4 Å². The van der Waals surface area contributed by atoms with Crippen molar-refractivity contribution in [3.63, 3.8) is 0 Å². The zero-order valence-corrected chi connectivity index (χ0v) is 6.98. The van der Waals surface area contributed by atoms with Crippen molar-refractivity contribution in [3.8, 4) is 0 Å². The number of hydrogen-bond acceptors (Lipinski definition) is 4. The zero-order chi connectivity index (χ0) is 8.55. The van der Waals surface area contributed by atoms with E-state index in [4.69, 9.17) is 4.52 Å². The van der Waals surface area contributed by atoms with Crippen molar-refractivity contribution in [1.29, 1.82) is 0 Å². The molecule has 0 spiro atoms. The summed E-state index contributed by atoms with van der Waals surface area (Å²) in [5, 5.41) is 7.32. The number of rotatable bonds is 1. The molecule has 4 nitrogen and oxygen atoms in total. The predicted octanol–water partition coefficient (Wildman–Crippen LogP) is 1.74. The molecule has 0 radical (unpaired) electrons. The summed E-state index contributed by atoms with van der Waals surface area (Å²) in [6, 6.07) is 1.94. The van der Waals surface area contributed by atoms with Crippen molar-refractivity contribution in [2.45, 2.75) is 19.8 Å². The SMILES string of the molecule is CC(C)c1ccnc2onnc12. The molecule has 62 valence electrons. The van der Waals surface area contributed by atoms with Crippen molar-refractivity contribution < 1.29 is 4.52 Å². The first kappa shape index (κ1) is 7.21. The smallest absolute Gasteiger partial charge is 0.278 e. The van der Waals surface area contributed by atoms with Crippen molar-refractivity contribution in [3.05, 3.63) is 17.8 Å². The second-order valence-electron chi connectivity index (χ2n) is 2.98. The third kappa shape index (κ3) is 0.958. The number of pyridine rings is 1. The van der Waals surface area contributed by atoms with E-state index in [2.05, 4.69) is 29.2 Å². The lowest BCUT2D eigenvalue weighted by Gasteiger charge is -2.02. The van der Waals surface area contributed by atoms with Gasteiger partial charge in [-0.1, -0.05) is 13.8 Å². The topological polar surface area (TPSA) is 51.8 Å². The van der Waals surface area contributed by atoms with Crippen LogP contribution in [-0.2, 0) is 0 Å². The van der Waals surface area contributed by atoms with Crippen LogP contribution in [0.15, 0.2) is 16.8 Å². The third-order valence-corrected chi connectivity index (χ3v) is 1.81. The lowest BCUT2D eigenvalue weighted by atomic mass is 10.0. The fourth-order valence-electron chi connectivity index (χ4n) is 1.18. The average Bonchev–Trinajstić information content (AvgIpc) is 2.49. The van der Waals surface area contributed by atoms with Crippen molar-refractivity contribution in [2.75, 3.05) is 0 Å². The van der Waals surface area contributed by atoms with Crippen molar-refractivity contribution >= 4 is 11.2 Å². The van der Waals surface area contributed by atoms with Gasteiger partial charge in [-0.2, -0.15) is 0 Å². The standard InChI is InChI=1S/C8H9N3O/c1-5(2)6-3-4-9-8-7(6)10-11-12-8/h3-5H,1-2H3. The summed E-state index contributed by atoms with van der Waals surface area (Å²) < 4.78 is 4.84. The van der Waals surface area contributed by atoms with Gasteiger partial charge in [-0.15, -0.1) is 5.10 Å². The van der Waals surface area contributed by atoms with Gasteiger partial charge in [0, 0.05) is 11.5 Å². The number of fused-ring (bicyclic) bond motifs is 1. The predicted molar refractivity (Wildman–Crippen MR) is 43.7 cm³/mol. The minimum absolute atomic E-state index is 0.419. The van der Waals surface area contributed by atoms with E-state index >= 15 is 0 Å². The summed E-state index contributed by atoms with van der Waals surface area (Å²) in [6.07, 6.45) is 1.71. The Kier molecular flexibility index (Phi) is 1.53. The monoisotopic (exact) mass is 163 g/mol. The van der Waals surface area contributed by atoms with E-state index < -0.39 is 0 Å². The number of nitrogens with zero attached hydrogens (tertiary/aromatic N) is 3. The van der Waals surface area contributed by atoms with Gasteiger partial charge in [0.15, 0.2) is 5.52 Å². The molecule has 2 rings (SSSR count). The van der Waals surface area contributed by atoms with Crippen LogP contribution >= 0.6 is 0 Å². The maximum Gasteiger partial charge on any atom is 0.278 e. The Morgan fingerprint density at radius 2 is 2.25 bits per heavy atom. The molecule has 0 aromatic carbocycles. The number of aromatic nitrogens is 3. The minimum atomic E-state index is 0.419. The zero-order valence-electron chi connectivity index (χ0n) is 6.98. The maximum absolute atomic E-state index is 4.84. The number of hydrogen-bond donors (Lipinski definition) is 0. The van der Waals surface area contributed by atoms with E-state index in [9.17, 15) is 0 Å². The lowest BCUT2D eigenvalue weighted by Crippen LogP contribution is -1.89. The molecule has 0 amide bonds. The van der Waals surface area contributed by atoms with E-state index in [1.807, 2.05) is 6.07 Å². The maximum atomic E-state index is 4.84. The van der Waals surface area contributed by atoms with E-state index in [0.717, 1.165) is 11.1 Å². The summed E-state index contributed by atoms with van der Waals surface area (Å²) >= 11 is 0. The molecule has 2 aromatic rings. The van der Waals surface area contributed by atoms with Crippen molar-refractivity contribution in [2.24, 2.45) is 0 Å². The molecular weight excluding hydrogens is 154 g/mol. The molecule has 0 aliphatic heterocycles. The average molecular weight is 163 g/mol. The van der Waals surface area contributed by atoms with E-state index in [-0.39, 0.29) is 0 Å². The highest BCUT2D eigenvalue weighted by atomic mass is 16.5. The molecule has 0 saturated heterocycles. The molecule has 0 saturated carbocycles. The molecule has 0 N–H and O–H groups in total. The Balaban J connectivity index is 2.73. The summed E-state index contributed by atoms with van der Waals surface area (Å²) in [5.41, 5.74) is 2.41. The molecule has 0 atom stereocenters. The molecule has 0 bridgehead atoms. The third-order valence-electron chi connectivity index (χ3n) is 1.81. The van der Waals surface area contributed by atoms with Crippen LogP contribution in [0, 0.1) is 0 Å². The first-order chi connectivity index (χ1) is 5.79. The van der Waals surface area contributed by atoms with Gasteiger partial charge in [0.2, 0.25) is 0 Å². The van der Waals surface area contributed by atoms with Crippen LogP contribution in [0.25, 0.3) is 11.2 Å². The first-order valence-electron chi connectivity index (χ1n) is 3.86. The fraction of sp³-hybridized carbons (Fsp3) is 0.375. The highest BCUT2D eigenvalue weighted by Crippen LogP contribution is 2.20. The second-order valence-corrected chi connectivity index (χ2v) is 2.98. The molecule has 0 fully saturated rings. The van der Waals surface area contributed by atoms with Crippen LogP contribution in [0.2, 0.25) is 0 Å². The molecule has 12 heavy (non-hydrogen) atoms. The molecular formula is C8H9N3O. The van der Waals surface area contributed by atoms with Crippen LogP contribution in [0.1, 0.15) is 25.3 Å². The summed E-state index contributed by atoms with van der Waals surface area (Å²) in [4.78, 5) is 3.99. The minimum Gasteiger partial charge on any atom is -0.316 e. The summed E-state index contributed by atoms with van der Waals surface area (Å²) in [7, 11) is 0. The van der Waals surface area contributed by atoms with Crippen LogP contribution in [0.3, 0.4) is 0 Å². The van der Waals surface area contributed by atoms with Crippen LogP contribution in [0.5, 0.6) is 0 Å². The van der Waals surface area contributed by atoms with E-state index in [1.54, 1.807) is 6.20 Å². The largest absolute Gasteiger partial charge is 0.316 e. The van der Waals surface area contributed by atoms with Crippen LogP contribution < -0.4 is 0 Å². The summed E-state index contributed by atoms with van der Waals surface area (Å²) in [5.74, 6) is 0.419. The Morgan fingerprint density at radius 3 is 3.00 bits per heavy atom. The summed E-state index contributed by atoms with van der Waals surface area (Å²) in [6.45, 7) is 4.20. The quantitative estimate of drug-likeness (QED) is 0.642. The molecule has 2 heterocycles. The molecule has 0 aliphatic rings. The first-order valence-corrected chi connectivity index (χ1v) is 3.86. The van der Waals surface area contributed by atoms with E-state index in [1.165, 1.54) is 0 Å². The second kappa shape index (κ2) is 2.55. The fourth-order valence-corrected chi connectivity index (χ4v) is 1.18. The molecule has 2 aromatic heterocycles. The van der Waals surface area contributed by atoms with Gasteiger partial charge in [0.25, 0.3) is 5.71 Å². The molecule has 0 unspecified atom stereocenters. The highest BCUT2D eigenvalue weighted by Gasteiger charge is 2.09. The van der Waals surface area contributed by atoms with Crippen LogP contribution in [0.4, 0.5) is 0 Å². The van der Waals surface area contributed by atoms with E-state index in [0.29, 0.717) is 11.6 Å². The Morgan fingerprint density at radius 1 is 1.42 bits per heavy atom. The highest BCUT2D eigenvalue weighted by molar-refractivity contribution is 5.71. The van der Waals surface area contributed by atoms with Gasteiger partial charge in [-0.05, 0) is 17.5 Å². The Hall–Kier alpha value is -1.45. The molecule has 4 heteroatoms. The lowest BCUT2D eigenvalue weighted by molar-refractivity contribution is 0.417. The van der Waals surface area contributed by atoms with Gasteiger partial charge >= 0.3 is 0 Å². The van der Waals surface area contributed by atoms with Gasteiger partial charge in [-0.3, -0.25) is 0 Å². The van der Waals surface area contributed by atoms with Gasteiger partial charge < -0.3 is 4.52 Å². The molecule has 0 aliphatic carbocycles. The van der Waals surface area contributed by atoms with Crippen molar-refractivity contribution in [1.82, 2.24) is 15.4 Å². The van der Waals surface area contributed by atoms with Gasteiger partial charge in [0.05, 0.1) is 0 Å². The Labute approximate surface area is 69.6 Å². The van der Waals surface area contributed by atoms with Gasteiger partial charge in [-0.25, -0.2) is 4.98 Å².